The van der Waals surface area contributed by atoms with Crippen molar-refractivity contribution in [1.82, 2.24) is 10.2 Å². The molecule has 2 aromatic carbocycles. The highest BCUT2D eigenvalue weighted by molar-refractivity contribution is 5.93. The van der Waals surface area contributed by atoms with E-state index in [0.717, 1.165) is 37.4 Å². The second kappa shape index (κ2) is 6.77. The van der Waals surface area contributed by atoms with Gasteiger partial charge in [-0.05, 0) is 31.0 Å². The maximum Gasteiger partial charge on any atom is 0.247 e. The molecule has 1 N–H and O–H groups in total. The van der Waals surface area contributed by atoms with Crippen molar-refractivity contribution in [1.29, 1.82) is 0 Å². The van der Waals surface area contributed by atoms with E-state index in [1.807, 2.05) is 24.3 Å². The van der Waals surface area contributed by atoms with Gasteiger partial charge >= 0.3 is 0 Å². The molecule has 1 spiro atoms. The summed E-state index contributed by atoms with van der Waals surface area (Å²) < 4.78 is 6.05. The van der Waals surface area contributed by atoms with E-state index in [2.05, 4.69) is 59.3 Å². The van der Waals surface area contributed by atoms with Crippen molar-refractivity contribution in [3.05, 3.63) is 60.2 Å². The number of likely N-dealkylation sites (tertiary alicyclic amines) is 1. The summed E-state index contributed by atoms with van der Waals surface area (Å²) in [5.74, 6) is 1.18. The number of nitrogens with one attached hydrogen (secondary N) is 1. The van der Waals surface area contributed by atoms with Gasteiger partial charge in [-0.1, -0.05) is 50.2 Å². The minimum absolute atomic E-state index is 0.0237. The highest BCUT2D eigenvalue weighted by Crippen LogP contribution is 2.48. The van der Waals surface area contributed by atoms with E-state index in [9.17, 15) is 4.79 Å². The van der Waals surface area contributed by atoms with Crippen LogP contribution in [0.1, 0.15) is 38.3 Å². The topological polar surface area (TPSA) is 44.8 Å². The number of nitrogens with zero attached hydrogens (tertiary/aromatic N) is 2. The van der Waals surface area contributed by atoms with Crippen LogP contribution in [0.3, 0.4) is 0 Å². The van der Waals surface area contributed by atoms with Gasteiger partial charge in [-0.15, -0.1) is 0 Å². The third-order valence-corrected chi connectivity index (χ3v) is 6.95. The van der Waals surface area contributed by atoms with Crippen LogP contribution in [0.15, 0.2) is 54.6 Å². The fourth-order valence-corrected chi connectivity index (χ4v) is 5.48. The summed E-state index contributed by atoms with van der Waals surface area (Å²) in [6.45, 7) is 7.69. The quantitative estimate of drug-likeness (QED) is 0.850. The van der Waals surface area contributed by atoms with Gasteiger partial charge in [0.2, 0.25) is 5.91 Å². The normalized spacial score (nSPS) is 25.4. The maximum absolute atomic E-state index is 13.0. The molecule has 1 atom stereocenters. The van der Waals surface area contributed by atoms with Crippen molar-refractivity contribution in [2.24, 2.45) is 5.41 Å². The predicted octanol–water partition coefficient (Wildman–Crippen LogP) is 3.57. The summed E-state index contributed by atoms with van der Waals surface area (Å²) in [6, 6.07) is 19.0. The van der Waals surface area contributed by atoms with Gasteiger partial charge in [0.25, 0.3) is 0 Å². The summed E-state index contributed by atoms with van der Waals surface area (Å²) in [5.41, 5.74) is 1.98. The van der Waals surface area contributed by atoms with Gasteiger partial charge in [0.15, 0.2) is 0 Å². The molecule has 2 aromatic rings. The fourth-order valence-electron chi connectivity index (χ4n) is 5.48. The SMILES string of the molecule is CC1(C)COc2ccccc2C1N1CCC2(CC1)C(=O)NCN2c1ccccc1. The first-order valence-corrected chi connectivity index (χ1v) is 10.6. The third-order valence-electron chi connectivity index (χ3n) is 6.95. The van der Waals surface area contributed by atoms with E-state index in [0.29, 0.717) is 19.3 Å². The number of fused-ring (bicyclic) bond motifs is 1. The molecule has 3 heterocycles. The smallest absolute Gasteiger partial charge is 0.247 e. The molecule has 1 amide bonds. The van der Waals surface area contributed by atoms with Gasteiger partial charge in [-0.3, -0.25) is 9.69 Å². The van der Waals surface area contributed by atoms with Gasteiger partial charge in [-0.25, -0.2) is 0 Å². The molecule has 152 valence electrons. The molecule has 0 saturated carbocycles. The van der Waals surface area contributed by atoms with Crippen LogP contribution in [0.2, 0.25) is 0 Å². The summed E-state index contributed by atoms with van der Waals surface area (Å²) in [5, 5.41) is 3.10. The van der Waals surface area contributed by atoms with Crippen LogP contribution in [0.4, 0.5) is 5.69 Å². The first-order chi connectivity index (χ1) is 14.0. The van der Waals surface area contributed by atoms with Crippen LogP contribution in [0.25, 0.3) is 0 Å². The summed E-state index contributed by atoms with van der Waals surface area (Å²) in [7, 11) is 0. The number of anilines is 1. The number of hydrogen-bond acceptors (Lipinski definition) is 4. The van der Waals surface area contributed by atoms with Crippen molar-refractivity contribution >= 4 is 11.6 Å². The molecule has 0 radical (unpaired) electrons. The van der Waals surface area contributed by atoms with Crippen molar-refractivity contribution in [3.8, 4) is 5.75 Å². The number of hydrogen-bond donors (Lipinski definition) is 1. The summed E-state index contributed by atoms with van der Waals surface area (Å²) >= 11 is 0. The molecule has 5 nitrogen and oxygen atoms in total. The zero-order valence-electron chi connectivity index (χ0n) is 17.2. The van der Waals surface area contributed by atoms with E-state index in [1.54, 1.807) is 0 Å². The molecule has 3 aliphatic rings. The first-order valence-electron chi connectivity index (χ1n) is 10.6. The Morgan fingerprint density at radius 3 is 2.45 bits per heavy atom. The molecule has 5 rings (SSSR count). The van der Waals surface area contributed by atoms with E-state index in [4.69, 9.17) is 4.74 Å². The van der Waals surface area contributed by atoms with Gasteiger partial charge < -0.3 is 15.0 Å². The van der Waals surface area contributed by atoms with E-state index in [-0.39, 0.29) is 11.3 Å². The Morgan fingerprint density at radius 2 is 1.69 bits per heavy atom. The predicted molar refractivity (Wildman–Crippen MR) is 114 cm³/mol. The Hall–Kier alpha value is -2.53. The van der Waals surface area contributed by atoms with Gasteiger partial charge in [0, 0.05) is 35.8 Å². The highest BCUT2D eigenvalue weighted by Gasteiger charge is 2.52. The summed E-state index contributed by atoms with van der Waals surface area (Å²) in [6.07, 6.45) is 1.67. The second-order valence-electron chi connectivity index (χ2n) is 9.21. The third kappa shape index (κ3) is 2.91. The van der Waals surface area contributed by atoms with E-state index >= 15 is 0 Å². The molecule has 2 fully saturated rings. The fraction of sp³-hybridized carbons (Fsp3) is 0.458. The van der Waals surface area contributed by atoms with Crippen molar-refractivity contribution < 1.29 is 9.53 Å². The van der Waals surface area contributed by atoms with E-state index in [1.165, 1.54) is 5.56 Å². The number of amides is 1. The molecule has 0 bridgehead atoms. The van der Waals surface area contributed by atoms with Crippen LogP contribution < -0.4 is 15.0 Å². The van der Waals surface area contributed by atoms with Crippen LogP contribution in [0, 0.1) is 5.41 Å². The monoisotopic (exact) mass is 391 g/mol. The molecular weight excluding hydrogens is 362 g/mol. The molecule has 0 aromatic heterocycles. The zero-order chi connectivity index (χ0) is 20.1. The van der Waals surface area contributed by atoms with Crippen LogP contribution in [-0.2, 0) is 4.79 Å². The lowest BCUT2D eigenvalue weighted by molar-refractivity contribution is -0.125. The Bertz CT molecular complexity index is 903. The van der Waals surface area contributed by atoms with Crippen LogP contribution >= 0.6 is 0 Å². The average Bonchev–Trinajstić information content (AvgIpc) is 3.05. The molecule has 0 aliphatic carbocycles. The van der Waals surface area contributed by atoms with E-state index < -0.39 is 5.54 Å². The maximum atomic E-state index is 13.0. The Kier molecular flexibility index (Phi) is 4.32. The number of ether oxygens (including phenoxy) is 1. The molecule has 2 saturated heterocycles. The minimum atomic E-state index is -0.438. The highest BCUT2D eigenvalue weighted by atomic mass is 16.5. The molecule has 5 heteroatoms. The lowest BCUT2D eigenvalue weighted by atomic mass is 9.76. The molecule has 3 aliphatic heterocycles. The lowest BCUT2D eigenvalue weighted by Crippen LogP contribution is -2.58. The number of benzene rings is 2. The van der Waals surface area contributed by atoms with Crippen LogP contribution in [0.5, 0.6) is 5.75 Å². The van der Waals surface area contributed by atoms with Gasteiger partial charge in [0.1, 0.15) is 11.3 Å². The Morgan fingerprint density at radius 1 is 1.00 bits per heavy atom. The van der Waals surface area contributed by atoms with Gasteiger partial charge in [-0.2, -0.15) is 0 Å². The van der Waals surface area contributed by atoms with Crippen molar-refractivity contribution in [2.45, 2.75) is 38.3 Å². The largest absolute Gasteiger partial charge is 0.493 e. The number of carbonyl (C=O) groups excluding carboxylic acids is 1. The first kappa shape index (κ1) is 18.5. The number of para-hydroxylation sites is 2. The van der Waals surface area contributed by atoms with Crippen molar-refractivity contribution in [3.63, 3.8) is 0 Å². The number of carbonyl (C=O) groups is 1. The molecule has 29 heavy (non-hydrogen) atoms. The minimum Gasteiger partial charge on any atom is -0.493 e. The second-order valence-corrected chi connectivity index (χ2v) is 9.21. The average molecular weight is 392 g/mol. The Labute approximate surface area is 172 Å². The summed E-state index contributed by atoms with van der Waals surface area (Å²) in [4.78, 5) is 17.8. The zero-order valence-corrected chi connectivity index (χ0v) is 17.2. The van der Waals surface area contributed by atoms with Gasteiger partial charge in [0.05, 0.1) is 13.3 Å². The number of piperidine rings is 1. The van der Waals surface area contributed by atoms with Crippen molar-refractivity contribution in [2.75, 3.05) is 31.3 Å². The number of rotatable bonds is 2. The standard InChI is InChI=1S/C24H29N3O2/c1-23(2)16-29-20-11-7-6-10-19(20)21(23)26-14-12-24(13-15-26)22(28)25-17-27(24)18-8-4-3-5-9-18/h3-11,21H,12-17H2,1-2H3,(H,25,28). The molecule has 1 unspecified atom stereocenters. The van der Waals surface area contributed by atoms with Crippen LogP contribution in [-0.4, -0.2) is 42.7 Å². The molecular formula is C24H29N3O2. The lowest BCUT2D eigenvalue weighted by Gasteiger charge is -2.50. The Balaban J connectivity index is 1.42.